The first kappa shape index (κ1) is 11.4. The van der Waals surface area contributed by atoms with Gasteiger partial charge in [-0.25, -0.2) is 0 Å². The van der Waals surface area contributed by atoms with Gasteiger partial charge in [-0.2, -0.15) is 0 Å². The van der Waals surface area contributed by atoms with Gasteiger partial charge in [0.05, 0.1) is 18.8 Å². The molecule has 0 amide bonds. The van der Waals surface area contributed by atoms with E-state index in [4.69, 9.17) is 4.74 Å². The quantitative estimate of drug-likeness (QED) is 0.686. The number of ether oxygens (including phenoxy) is 1. The average molecular weight is 223 g/mol. The van der Waals surface area contributed by atoms with Gasteiger partial charge >= 0.3 is 0 Å². The third-order valence-corrected chi connectivity index (χ3v) is 2.95. The van der Waals surface area contributed by atoms with E-state index in [0.717, 1.165) is 18.5 Å². The molecule has 4 nitrogen and oxygen atoms in total. The molecule has 1 aliphatic heterocycles. The first-order valence-electron chi connectivity index (χ1n) is 5.50. The van der Waals surface area contributed by atoms with Gasteiger partial charge in [0, 0.05) is 6.61 Å². The molecule has 2 rings (SSSR count). The van der Waals surface area contributed by atoms with E-state index in [-0.39, 0.29) is 12.4 Å². The number of phenols is 1. The predicted molar refractivity (Wildman–Crippen MR) is 60.3 cm³/mol. The molecule has 1 aromatic carbocycles. The van der Waals surface area contributed by atoms with Crippen LogP contribution in [0.4, 0.5) is 0 Å². The largest absolute Gasteiger partial charge is 0.508 e. The van der Waals surface area contributed by atoms with E-state index < -0.39 is 5.54 Å². The minimum atomic E-state index is -0.588. The third-order valence-electron chi connectivity index (χ3n) is 2.95. The number of rotatable bonds is 2. The molecule has 0 spiro atoms. The summed E-state index contributed by atoms with van der Waals surface area (Å²) in [7, 11) is 0. The molecule has 1 heterocycles. The zero-order chi connectivity index (χ0) is 11.4. The average Bonchev–Trinajstić information content (AvgIpc) is 2.55. The summed E-state index contributed by atoms with van der Waals surface area (Å²) in [4.78, 5) is 0. The summed E-state index contributed by atoms with van der Waals surface area (Å²) in [6, 6.07) is 6.94. The Morgan fingerprint density at radius 2 is 2.31 bits per heavy atom. The highest BCUT2D eigenvalue weighted by atomic mass is 16.5. The van der Waals surface area contributed by atoms with Crippen LogP contribution in [0.25, 0.3) is 0 Å². The lowest BCUT2D eigenvalue weighted by Gasteiger charge is -2.31. The molecular weight excluding hydrogens is 206 g/mol. The molecule has 1 unspecified atom stereocenters. The number of hydrogen-bond acceptors (Lipinski definition) is 4. The standard InChI is InChI=1S/C12H17NO3/c14-8-12(9-16-6-2-5-13-12)10-3-1-4-11(15)7-10/h1,3-4,7,13-15H,2,5-6,8-9H2. The van der Waals surface area contributed by atoms with E-state index in [1.54, 1.807) is 18.2 Å². The lowest BCUT2D eigenvalue weighted by molar-refractivity contribution is 0.0550. The summed E-state index contributed by atoms with van der Waals surface area (Å²) < 4.78 is 5.49. The summed E-state index contributed by atoms with van der Waals surface area (Å²) in [5.74, 6) is 0.205. The summed E-state index contributed by atoms with van der Waals surface area (Å²) in [6.07, 6.45) is 0.931. The number of aliphatic hydroxyl groups excluding tert-OH is 1. The van der Waals surface area contributed by atoms with Gasteiger partial charge in [0.2, 0.25) is 0 Å². The van der Waals surface area contributed by atoms with Crippen molar-refractivity contribution < 1.29 is 14.9 Å². The molecule has 88 valence electrons. The highest BCUT2D eigenvalue weighted by molar-refractivity contribution is 5.33. The summed E-state index contributed by atoms with van der Waals surface area (Å²) >= 11 is 0. The van der Waals surface area contributed by atoms with Crippen molar-refractivity contribution in [2.24, 2.45) is 0 Å². The minimum absolute atomic E-state index is 0.0452. The van der Waals surface area contributed by atoms with Crippen LogP contribution >= 0.6 is 0 Å². The number of benzene rings is 1. The highest BCUT2D eigenvalue weighted by Gasteiger charge is 2.32. The van der Waals surface area contributed by atoms with Gasteiger partial charge in [-0.1, -0.05) is 12.1 Å². The molecule has 0 radical (unpaired) electrons. The summed E-state index contributed by atoms with van der Waals surface area (Å²) in [5.41, 5.74) is 0.270. The van der Waals surface area contributed by atoms with Crippen molar-refractivity contribution in [2.75, 3.05) is 26.4 Å². The van der Waals surface area contributed by atoms with Crippen LogP contribution in [0.2, 0.25) is 0 Å². The maximum absolute atomic E-state index is 9.59. The lowest BCUT2D eigenvalue weighted by atomic mass is 9.91. The first-order chi connectivity index (χ1) is 7.77. The van der Waals surface area contributed by atoms with Gasteiger partial charge in [0.15, 0.2) is 0 Å². The van der Waals surface area contributed by atoms with E-state index in [0.29, 0.717) is 13.2 Å². The van der Waals surface area contributed by atoms with E-state index >= 15 is 0 Å². The molecular formula is C12H17NO3. The van der Waals surface area contributed by atoms with Crippen LogP contribution in [0.5, 0.6) is 5.75 Å². The normalized spacial score (nSPS) is 26.3. The number of nitrogens with one attached hydrogen (secondary N) is 1. The molecule has 4 heteroatoms. The number of aromatic hydroxyl groups is 1. The molecule has 1 fully saturated rings. The molecule has 0 aliphatic carbocycles. The van der Waals surface area contributed by atoms with Gasteiger partial charge in [-0.15, -0.1) is 0 Å². The molecule has 0 bridgehead atoms. The molecule has 16 heavy (non-hydrogen) atoms. The van der Waals surface area contributed by atoms with Gasteiger partial charge in [0.1, 0.15) is 5.75 Å². The van der Waals surface area contributed by atoms with Crippen molar-refractivity contribution >= 4 is 0 Å². The Kier molecular flexibility index (Phi) is 3.43. The third kappa shape index (κ3) is 2.19. The van der Waals surface area contributed by atoms with Gasteiger partial charge in [0.25, 0.3) is 0 Å². The molecule has 1 aromatic rings. The molecule has 0 aromatic heterocycles. The van der Waals surface area contributed by atoms with E-state index in [2.05, 4.69) is 5.32 Å². The smallest absolute Gasteiger partial charge is 0.115 e. The molecule has 0 saturated carbocycles. The fraction of sp³-hybridized carbons (Fsp3) is 0.500. The Balaban J connectivity index is 2.31. The maximum atomic E-state index is 9.59. The van der Waals surface area contributed by atoms with E-state index in [1.807, 2.05) is 6.07 Å². The monoisotopic (exact) mass is 223 g/mol. The Morgan fingerprint density at radius 1 is 1.44 bits per heavy atom. The van der Waals surface area contributed by atoms with Crippen LogP contribution < -0.4 is 5.32 Å². The zero-order valence-corrected chi connectivity index (χ0v) is 9.15. The van der Waals surface area contributed by atoms with Crippen LogP contribution in [0, 0.1) is 0 Å². The first-order valence-corrected chi connectivity index (χ1v) is 5.50. The Labute approximate surface area is 94.9 Å². The Bertz CT molecular complexity index is 346. The minimum Gasteiger partial charge on any atom is -0.508 e. The molecule has 1 atom stereocenters. The van der Waals surface area contributed by atoms with Crippen molar-refractivity contribution in [3.63, 3.8) is 0 Å². The van der Waals surface area contributed by atoms with Crippen molar-refractivity contribution in [1.82, 2.24) is 5.32 Å². The van der Waals surface area contributed by atoms with Crippen molar-refractivity contribution in [3.05, 3.63) is 29.8 Å². The topological polar surface area (TPSA) is 61.7 Å². The Morgan fingerprint density at radius 3 is 3.06 bits per heavy atom. The highest BCUT2D eigenvalue weighted by Crippen LogP contribution is 2.25. The molecule has 1 saturated heterocycles. The van der Waals surface area contributed by atoms with Gasteiger partial charge in [-0.05, 0) is 30.7 Å². The van der Waals surface area contributed by atoms with Crippen molar-refractivity contribution in [3.8, 4) is 5.75 Å². The SMILES string of the molecule is OCC1(c2cccc(O)c2)COCCCN1. The second-order valence-electron chi connectivity index (χ2n) is 4.12. The summed E-state index contributed by atoms with van der Waals surface area (Å²) in [5, 5.41) is 22.4. The summed E-state index contributed by atoms with van der Waals surface area (Å²) in [6.45, 7) is 1.88. The van der Waals surface area contributed by atoms with Crippen molar-refractivity contribution in [2.45, 2.75) is 12.0 Å². The van der Waals surface area contributed by atoms with Gasteiger partial charge in [-0.3, -0.25) is 0 Å². The predicted octanol–water partition coefficient (Wildman–Crippen LogP) is 0.590. The zero-order valence-electron chi connectivity index (χ0n) is 9.15. The van der Waals surface area contributed by atoms with E-state index in [1.165, 1.54) is 0 Å². The Hall–Kier alpha value is -1.10. The number of phenolic OH excluding ortho intramolecular Hbond substituents is 1. The van der Waals surface area contributed by atoms with Crippen LogP contribution in [-0.2, 0) is 10.3 Å². The van der Waals surface area contributed by atoms with Crippen LogP contribution in [0.15, 0.2) is 24.3 Å². The fourth-order valence-electron chi connectivity index (χ4n) is 1.98. The van der Waals surface area contributed by atoms with Crippen LogP contribution in [-0.4, -0.2) is 36.6 Å². The molecule has 3 N–H and O–H groups in total. The second kappa shape index (κ2) is 4.82. The van der Waals surface area contributed by atoms with Crippen molar-refractivity contribution in [1.29, 1.82) is 0 Å². The van der Waals surface area contributed by atoms with Gasteiger partial charge < -0.3 is 20.3 Å². The number of hydrogen-bond donors (Lipinski definition) is 3. The number of aliphatic hydroxyl groups is 1. The fourth-order valence-corrected chi connectivity index (χ4v) is 1.98. The maximum Gasteiger partial charge on any atom is 0.115 e. The molecule has 1 aliphatic rings. The van der Waals surface area contributed by atoms with Crippen LogP contribution in [0.3, 0.4) is 0 Å². The van der Waals surface area contributed by atoms with E-state index in [9.17, 15) is 10.2 Å². The second-order valence-corrected chi connectivity index (χ2v) is 4.12. The lowest BCUT2D eigenvalue weighted by Crippen LogP contribution is -2.48. The van der Waals surface area contributed by atoms with Crippen LogP contribution in [0.1, 0.15) is 12.0 Å².